The third kappa shape index (κ3) is 5.01. The van der Waals surface area contributed by atoms with Gasteiger partial charge in [0.1, 0.15) is 11.2 Å². The smallest absolute Gasteiger partial charge is 0.164 e. The summed E-state index contributed by atoms with van der Waals surface area (Å²) in [6.45, 7) is 0. The number of hydrogen-bond acceptors (Lipinski definition) is 5. The molecule has 4 nitrogen and oxygen atoms in total. The summed E-state index contributed by atoms with van der Waals surface area (Å²) in [4.78, 5) is 15.7. The van der Waals surface area contributed by atoms with Crippen LogP contribution in [-0.4, -0.2) is 15.0 Å². The van der Waals surface area contributed by atoms with Crippen molar-refractivity contribution in [2.24, 2.45) is 0 Å². The summed E-state index contributed by atoms with van der Waals surface area (Å²) >= 11 is 1.79. The average molecular weight is 708 g/mol. The van der Waals surface area contributed by atoms with Crippen molar-refractivity contribution in [2.45, 2.75) is 0 Å². The van der Waals surface area contributed by atoms with Crippen LogP contribution in [0, 0.1) is 0 Å². The topological polar surface area (TPSA) is 51.8 Å². The van der Waals surface area contributed by atoms with Crippen molar-refractivity contribution >= 4 is 64.2 Å². The Morgan fingerprint density at radius 1 is 0.352 bits per heavy atom. The van der Waals surface area contributed by atoms with E-state index in [0.29, 0.717) is 17.5 Å². The first-order valence-electron chi connectivity index (χ1n) is 18.0. The molecule has 0 aliphatic carbocycles. The van der Waals surface area contributed by atoms with Crippen molar-refractivity contribution in [3.05, 3.63) is 176 Å². The Hall–Kier alpha value is -6.95. The molecule has 5 heteroatoms. The van der Waals surface area contributed by atoms with E-state index in [1.54, 1.807) is 11.3 Å². The van der Waals surface area contributed by atoms with Gasteiger partial charge in [-0.25, -0.2) is 15.0 Å². The summed E-state index contributed by atoms with van der Waals surface area (Å²) in [7, 11) is 0. The summed E-state index contributed by atoms with van der Waals surface area (Å²) in [5.74, 6) is 1.84. The lowest BCUT2D eigenvalue weighted by molar-refractivity contribution is 0.673. The van der Waals surface area contributed by atoms with Crippen molar-refractivity contribution in [3.8, 4) is 56.4 Å². The molecule has 0 radical (unpaired) electrons. The molecule has 0 aliphatic heterocycles. The first kappa shape index (κ1) is 30.7. The van der Waals surface area contributed by atoms with Gasteiger partial charge in [-0.2, -0.15) is 0 Å². The predicted molar refractivity (Wildman–Crippen MR) is 225 cm³/mol. The van der Waals surface area contributed by atoms with Crippen molar-refractivity contribution in [1.29, 1.82) is 0 Å². The number of aromatic nitrogens is 3. The van der Waals surface area contributed by atoms with Crippen molar-refractivity contribution in [2.75, 3.05) is 0 Å². The normalized spacial score (nSPS) is 11.7. The van der Waals surface area contributed by atoms with Crippen molar-refractivity contribution < 1.29 is 4.42 Å². The van der Waals surface area contributed by atoms with E-state index in [-0.39, 0.29) is 0 Å². The van der Waals surface area contributed by atoms with Crippen LogP contribution >= 0.6 is 11.3 Å². The van der Waals surface area contributed by atoms with E-state index in [1.165, 1.54) is 20.2 Å². The van der Waals surface area contributed by atoms with Crippen LogP contribution in [0.1, 0.15) is 0 Å². The quantitative estimate of drug-likeness (QED) is 0.179. The summed E-state index contributed by atoms with van der Waals surface area (Å²) < 4.78 is 9.19. The van der Waals surface area contributed by atoms with E-state index in [4.69, 9.17) is 19.4 Å². The number of nitrogens with zero attached hydrogens (tertiary/aromatic N) is 3. The molecule has 8 aromatic carbocycles. The number of fused-ring (bicyclic) bond motifs is 8. The first-order chi connectivity index (χ1) is 26.7. The lowest BCUT2D eigenvalue weighted by atomic mass is 9.94. The van der Waals surface area contributed by atoms with Crippen molar-refractivity contribution in [1.82, 2.24) is 15.0 Å². The fraction of sp³-hybridized carbons (Fsp3) is 0. The van der Waals surface area contributed by atoms with Gasteiger partial charge < -0.3 is 4.42 Å². The van der Waals surface area contributed by atoms with Crippen LogP contribution in [0.2, 0.25) is 0 Å². The highest BCUT2D eigenvalue weighted by molar-refractivity contribution is 7.25. The third-order valence-corrected chi connectivity index (χ3v) is 11.5. The minimum absolute atomic E-state index is 0.597. The van der Waals surface area contributed by atoms with Crippen LogP contribution in [0.25, 0.3) is 109 Å². The van der Waals surface area contributed by atoms with E-state index >= 15 is 0 Å². The van der Waals surface area contributed by atoms with E-state index in [9.17, 15) is 0 Å². The Kier molecular flexibility index (Phi) is 7.00. The van der Waals surface area contributed by atoms with Gasteiger partial charge in [-0.3, -0.25) is 0 Å². The van der Waals surface area contributed by atoms with Crippen LogP contribution in [-0.2, 0) is 0 Å². The standard InChI is InChI=1S/C49H29N3OS/c1-3-13-30(14-4-1)32-17-11-18-33(27-32)47-50-48(34-25-26-37-36-20-9-10-24-43(36)54-44(37)28-34)52-49(51-47)39-22-12-23-42-45(39)41-29-40(31-15-5-2-6-16-31)35-19-7-8-21-38(35)46(41)53-42/h1-29H. The minimum atomic E-state index is 0.597. The third-order valence-electron chi connectivity index (χ3n) is 10.3. The maximum absolute atomic E-state index is 6.72. The molecule has 0 atom stereocenters. The first-order valence-corrected chi connectivity index (χ1v) is 18.8. The molecule has 0 aliphatic rings. The monoisotopic (exact) mass is 707 g/mol. The molecule has 0 bridgehead atoms. The molecule has 3 heterocycles. The fourth-order valence-electron chi connectivity index (χ4n) is 7.78. The van der Waals surface area contributed by atoms with Crippen molar-refractivity contribution in [3.63, 3.8) is 0 Å². The predicted octanol–water partition coefficient (Wildman–Crippen LogP) is 13.6. The summed E-state index contributed by atoms with van der Waals surface area (Å²) in [5, 5.41) is 6.73. The summed E-state index contributed by atoms with van der Waals surface area (Å²) in [6.07, 6.45) is 0. The highest BCUT2D eigenvalue weighted by atomic mass is 32.1. The Labute approximate surface area is 314 Å². The maximum Gasteiger partial charge on any atom is 0.164 e. The zero-order valence-corrected chi connectivity index (χ0v) is 29.7. The lowest BCUT2D eigenvalue weighted by Gasteiger charge is -2.11. The zero-order chi connectivity index (χ0) is 35.6. The molecule has 0 amide bonds. The Bertz CT molecular complexity index is 3220. The summed E-state index contributed by atoms with van der Waals surface area (Å²) in [6, 6.07) is 61.5. The maximum atomic E-state index is 6.72. The van der Waals surface area contributed by atoms with Gasteiger partial charge in [0.25, 0.3) is 0 Å². The van der Waals surface area contributed by atoms with Gasteiger partial charge >= 0.3 is 0 Å². The van der Waals surface area contributed by atoms with Gasteiger partial charge in [0.15, 0.2) is 17.5 Å². The fourth-order valence-corrected chi connectivity index (χ4v) is 8.92. The number of thiophene rings is 1. The van der Waals surface area contributed by atoms with Crippen LogP contribution in [0.3, 0.4) is 0 Å². The van der Waals surface area contributed by atoms with E-state index in [2.05, 4.69) is 158 Å². The van der Waals surface area contributed by atoms with Gasteiger partial charge in [-0.1, -0.05) is 146 Å². The van der Waals surface area contributed by atoms with E-state index < -0.39 is 0 Å². The molecule has 0 spiro atoms. The molecule has 0 saturated heterocycles. The molecule has 0 saturated carbocycles. The van der Waals surface area contributed by atoms with Crippen LogP contribution in [0.15, 0.2) is 180 Å². The number of furan rings is 1. The second kappa shape index (κ2) is 12.3. The molecule has 0 N–H and O–H groups in total. The zero-order valence-electron chi connectivity index (χ0n) is 28.9. The Morgan fingerprint density at radius 2 is 0.963 bits per heavy atom. The highest BCUT2D eigenvalue weighted by Crippen LogP contribution is 2.43. The average Bonchev–Trinajstić information content (AvgIpc) is 3.82. The molecule has 0 fully saturated rings. The molecule has 11 aromatic rings. The van der Waals surface area contributed by atoms with Gasteiger partial charge in [0.2, 0.25) is 0 Å². The van der Waals surface area contributed by atoms with Gasteiger partial charge in [-0.15, -0.1) is 11.3 Å². The number of rotatable bonds is 5. The highest BCUT2D eigenvalue weighted by Gasteiger charge is 2.21. The SMILES string of the molecule is c1ccc(-c2cccc(-c3nc(-c4ccc5c(c4)sc4ccccc45)nc(-c4cccc5oc6c7ccccc7c(-c7ccccc7)cc6c45)n3)c2)cc1. The van der Waals surface area contributed by atoms with Crippen LogP contribution < -0.4 is 0 Å². The van der Waals surface area contributed by atoms with Gasteiger partial charge in [0.05, 0.1) is 0 Å². The van der Waals surface area contributed by atoms with Crippen LogP contribution in [0.5, 0.6) is 0 Å². The van der Waals surface area contributed by atoms with Crippen LogP contribution in [0.4, 0.5) is 0 Å². The van der Waals surface area contributed by atoms with E-state index in [0.717, 1.165) is 71.7 Å². The molecule has 252 valence electrons. The molecule has 54 heavy (non-hydrogen) atoms. The van der Waals surface area contributed by atoms with Gasteiger partial charge in [0, 0.05) is 53.0 Å². The second-order valence-corrected chi connectivity index (χ2v) is 14.6. The second-order valence-electron chi connectivity index (χ2n) is 13.6. The number of hydrogen-bond donors (Lipinski definition) is 0. The molecule has 0 unspecified atom stereocenters. The van der Waals surface area contributed by atoms with Gasteiger partial charge in [-0.05, 0) is 58.0 Å². The van der Waals surface area contributed by atoms with E-state index in [1.807, 2.05) is 18.2 Å². The Morgan fingerprint density at radius 3 is 1.78 bits per heavy atom. The molecular formula is C49H29N3OS. The molecule has 11 rings (SSSR count). The lowest BCUT2D eigenvalue weighted by Crippen LogP contribution is -2.00. The molecule has 3 aromatic heterocycles. The Balaban J connectivity index is 1.17. The largest absolute Gasteiger partial charge is 0.455 e. The number of benzene rings is 8. The molecular weight excluding hydrogens is 679 g/mol. The summed E-state index contributed by atoms with van der Waals surface area (Å²) in [5.41, 5.74) is 8.96. The minimum Gasteiger partial charge on any atom is -0.455 e.